The van der Waals surface area contributed by atoms with Gasteiger partial charge in [0.1, 0.15) is 12.1 Å². The largest absolute Gasteiger partial charge is 0.389 e. The van der Waals surface area contributed by atoms with Crippen LogP contribution in [0.2, 0.25) is 0 Å². The van der Waals surface area contributed by atoms with Crippen molar-refractivity contribution in [2.24, 2.45) is 17.8 Å². The van der Waals surface area contributed by atoms with E-state index in [0.717, 1.165) is 44.2 Å². The van der Waals surface area contributed by atoms with Crippen molar-refractivity contribution < 1.29 is 24.6 Å². The average molecular weight is 706 g/mol. The molecule has 1 fully saturated rings. The van der Waals surface area contributed by atoms with Gasteiger partial charge in [-0.1, -0.05) is 69.4 Å². The van der Waals surface area contributed by atoms with Gasteiger partial charge in [0, 0.05) is 44.8 Å². The minimum Gasteiger partial charge on any atom is -0.389 e. The molecule has 1 aromatic carbocycles. The molecule has 0 spiro atoms. The first-order valence-corrected chi connectivity index (χ1v) is 18.7. The lowest BCUT2D eigenvalue weighted by molar-refractivity contribution is -0.137. The first-order chi connectivity index (χ1) is 24.1. The third kappa shape index (κ3) is 13.2. The van der Waals surface area contributed by atoms with Gasteiger partial charge in [-0.2, -0.15) is 0 Å². The molecular formula is C39H55N5O5S. The zero-order chi connectivity index (χ0) is 36.5. The standard InChI is InChI=1S/C39H55N5O5S/c1-6-15-34(45)37(47)33(23-29-18-13-10-14-19-29)41-39(49)36(30(7-2)24-32-26-50-27-40-32)42-38(48)31(22-28-16-11-9-12-17-28)25-35(46)44(5)21-20-43(4)8-3/h1-2,9,11-12,16-17,26-27,29-31,33-34,36-37,45,47H,8,10,13-15,18-25H2,3-5H3,(H,41,49)(H,42,48). The molecule has 0 bridgehead atoms. The number of nitrogens with zero attached hydrogens (tertiary/aromatic N) is 3. The predicted molar refractivity (Wildman–Crippen MR) is 198 cm³/mol. The normalized spacial score (nSPS) is 17.0. The highest BCUT2D eigenvalue weighted by atomic mass is 32.1. The fourth-order valence-corrected chi connectivity index (χ4v) is 7.00. The van der Waals surface area contributed by atoms with Crippen LogP contribution in [0.1, 0.15) is 69.5 Å². The van der Waals surface area contributed by atoms with E-state index in [0.29, 0.717) is 25.2 Å². The second-order valence-electron chi connectivity index (χ2n) is 13.6. The van der Waals surface area contributed by atoms with Gasteiger partial charge in [0.2, 0.25) is 17.7 Å². The summed E-state index contributed by atoms with van der Waals surface area (Å²) in [6, 6.07) is 7.43. The topological polar surface area (TPSA) is 135 Å². The van der Waals surface area contributed by atoms with Crippen LogP contribution in [0, 0.1) is 42.4 Å². The molecule has 1 saturated carbocycles. The molecule has 1 aliphatic rings. The molecule has 10 nitrogen and oxygen atoms in total. The van der Waals surface area contributed by atoms with Crippen LogP contribution in [0.4, 0.5) is 0 Å². The number of rotatable bonds is 20. The molecule has 1 aromatic heterocycles. The zero-order valence-corrected chi connectivity index (χ0v) is 30.6. The number of carbonyl (C=O) groups excluding carboxylic acids is 3. The lowest BCUT2D eigenvalue weighted by atomic mass is 9.82. The Balaban J connectivity index is 1.91. The number of aliphatic hydroxyl groups excluding tert-OH is 2. The molecule has 0 radical (unpaired) electrons. The SMILES string of the molecule is C#CCC(O)C(O)C(CC1CCCCC1)NC(=O)C(NC(=O)C(CC(=O)N(C)CCN(C)CC)Cc1ccccc1)C(C#C)Cc1cscn1. The van der Waals surface area contributed by atoms with E-state index in [9.17, 15) is 24.6 Å². The number of aliphatic hydroxyl groups is 2. The maximum Gasteiger partial charge on any atom is 0.244 e. The average Bonchev–Trinajstić information content (AvgIpc) is 3.65. The second kappa shape index (κ2) is 21.5. The Labute approximate surface area is 302 Å². The number of benzene rings is 1. The summed E-state index contributed by atoms with van der Waals surface area (Å²) in [5.41, 5.74) is 3.24. The number of likely N-dealkylation sites (N-methyl/N-ethyl adjacent to an activating group) is 2. The van der Waals surface area contributed by atoms with Gasteiger partial charge in [0.25, 0.3) is 0 Å². The number of amides is 3. The van der Waals surface area contributed by atoms with Gasteiger partial charge >= 0.3 is 0 Å². The molecule has 1 aliphatic carbocycles. The maximum absolute atomic E-state index is 14.3. The van der Waals surface area contributed by atoms with Gasteiger partial charge in [-0.3, -0.25) is 14.4 Å². The Morgan fingerprint density at radius 2 is 1.74 bits per heavy atom. The van der Waals surface area contributed by atoms with Crippen molar-refractivity contribution >= 4 is 29.1 Å². The summed E-state index contributed by atoms with van der Waals surface area (Å²) in [4.78, 5) is 50.0. The monoisotopic (exact) mass is 705 g/mol. The molecule has 50 heavy (non-hydrogen) atoms. The minimum atomic E-state index is -1.32. The van der Waals surface area contributed by atoms with E-state index in [1.807, 2.05) is 49.7 Å². The fourth-order valence-electron chi connectivity index (χ4n) is 6.43. The molecule has 6 atom stereocenters. The zero-order valence-electron chi connectivity index (χ0n) is 29.8. The summed E-state index contributed by atoms with van der Waals surface area (Å²) in [5, 5.41) is 29.6. The molecule has 2 aromatic rings. The highest BCUT2D eigenvalue weighted by Gasteiger charge is 2.37. The number of thiazole rings is 1. The van der Waals surface area contributed by atoms with E-state index in [1.54, 1.807) is 17.5 Å². The van der Waals surface area contributed by atoms with Crippen molar-refractivity contribution in [2.45, 2.75) is 95.4 Å². The smallest absolute Gasteiger partial charge is 0.244 e. The van der Waals surface area contributed by atoms with Crippen molar-refractivity contribution in [3.05, 3.63) is 52.5 Å². The van der Waals surface area contributed by atoms with Crippen LogP contribution in [-0.4, -0.2) is 101 Å². The second-order valence-corrected chi connectivity index (χ2v) is 14.3. The summed E-state index contributed by atoms with van der Waals surface area (Å²) >= 11 is 1.40. The van der Waals surface area contributed by atoms with Crippen LogP contribution in [0.15, 0.2) is 41.2 Å². The van der Waals surface area contributed by atoms with Gasteiger partial charge in [-0.15, -0.1) is 36.0 Å². The van der Waals surface area contributed by atoms with E-state index in [-0.39, 0.29) is 37.5 Å². The van der Waals surface area contributed by atoms with Gasteiger partial charge < -0.3 is 30.6 Å². The maximum atomic E-state index is 14.3. The number of carbonyl (C=O) groups is 3. The summed E-state index contributed by atoms with van der Waals surface area (Å²) < 4.78 is 0. The summed E-state index contributed by atoms with van der Waals surface area (Å²) in [7, 11) is 3.71. The van der Waals surface area contributed by atoms with E-state index in [4.69, 9.17) is 12.8 Å². The third-order valence-electron chi connectivity index (χ3n) is 9.78. The molecule has 3 amide bonds. The van der Waals surface area contributed by atoms with E-state index in [1.165, 1.54) is 11.3 Å². The summed E-state index contributed by atoms with van der Waals surface area (Å²) in [6.07, 6.45) is 14.9. The summed E-state index contributed by atoms with van der Waals surface area (Å²) in [6.45, 7) is 4.10. The Hall–Kier alpha value is -3.74. The molecule has 4 N–H and O–H groups in total. The number of hydrogen-bond acceptors (Lipinski definition) is 8. The van der Waals surface area contributed by atoms with E-state index >= 15 is 0 Å². The van der Waals surface area contributed by atoms with Crippen molar-refractivity contribution in [2.75, 3.05) is 33.7 Å². The first kappa shape index (κ1) is 40.7. The van der Waals surface area contributed by atoms with Gasteiger partial charge in [0.15, 0.2) is 0 Å². The highest BCUT2D eigenvalue weighted by molar-refractivity contribution is 7.07. The first-order valence-electron chi connectivity index (χ1n) is 17.8. The van der Waals surface area contributed by atoms with Gasteiger partial charge in [-0.05, 0) is 37.9 Å². The van der Waals surface area contributed by atoms with Crippen LogP contribution in [0.3, 0.4) is 0 Å². The molecule has 272 valence electrons. The van der Waals surface area contributed by atoms with Gasteiger partial charge in [0.05, 0.1) is 35.2 Å². The van der Waals surface area contributed by atoms with Gasteiger partial charge in [-0.25, -0.2) is 4.98 Å². The van der Waals surface area contributed by atoms with Crippen LogP contribution in [0.5, 0.6) is 0 Å². The highest BCUT2D eigenvalue weighted by Crippen LogP contribution is 2.29. The van der Waals surface area contributed by atoms with Crippen LogP contribution in [0.25, 0.3) is 0 Å². The minimum absolute atomic E-state index is 0.0600. The van der Waals surface area contributed by atoms with Crippen molar-refractivity contribution in [3.8, 4) is 24.7 Å². The van der Waals surface area contributed by atoms with E-state index in [2.05, 4.69) is 32.4 Å². The molecule has 0 saturated heterocycles. The van der Waals surface area contributed by atoms with E-state index < -0.39 is 47.9 Å². The molecular weight excluding hydrogens is 651 g/mol. The molecule has 1 heterocycles. The van der Waals surface area contributed by atoms with Crippen molar-refractivity contribution in [3.63, 3.8) is 0 Å². The number of nitrogens with one attached hydrogen (secondary N) is 2. The Kier molecular flexibility index (Phi) is 17.5. The number of terminal acetylenes is 2. The Morgan fingerprint density at radius 3 is 2.36 bits per heavy atom. The van der Waals surface area contributed by atoms with Crippen LogP contribution in [-0.2, 0) is 27.2 Å². The quantitative estimate of drug-likeness (QED) is 0.156. The Bertz CT molecular complexity index is 1400. The number of aromatic nitrogens is 1. The lowest BCUT2D eigenvalue weighted by Gasteiger charge is -2.34. The number of hydrogen-bond donors (Lipinski definition) is 4. The third-order valence-corrected chi connectivity index (χ3v) is 10.4. The molecule has 11 heteroatoms. The summed E-state index contributed by atoms with van der Waals surface area (Å²) in [5.74, 6) is 2.54. The van der Waals surface area contributed by atoms with Crippen LogP contribution >= 0.6 is 11.3 Å². The molecule has 3 rings (SSSR count). The lowest BCUT2D eigenvalue weighted by Crippen LogP contribution is -2.58. The fraction of sp³-hybridized carbons (Fsp3) is 0.590. The van der Waals surface area contributed by atoms with Crippen molar-refractivity contribution in [1.29, 1.82) is 0 Å². The molecule has 6 unspecified atom stereocenters. The van der Waals surface area contributed by atoms with Crippen molar-refractivity contribution in [1.82, 2.24) is 25.4 Å². The predicted octanol–water partition coefficient (Wildman–Crippen LogP) is 3.28. The van der Waals surface area contributed by atoms with Crippen LogP contribution < -0.4 is 10.6 Å². The Morgan fingerprint density at radius 1 is 1.02 bits per heavy atom. The molecule has 0 aliphatic heterocycles.